The largest absolute Gasteiger partial charge is 0.481 e. The number of hydrogen-bond acceptors (Lipinski definition) is 6. The van der Waals surface area contributed by atoms with Gasteiger partial charge in [-0.1, -0.05) is 88.7 Å². The van der Waals surface area contributed by atoms with Crippen LogP contribution in [-0.2, 0) is 9.59 Å². The second-order valence-corrected chi connectivity index (χ2v) is 13.1. The van der Waals surface area contributed by atoms with Gasteiger partial charge in [0.2, 0.25) is 34.8 Å². The van der Waals surface area contributed by atoms with Gasteiger partial charge in [-0.05, 0) is 32.4 Å². The second kappa shape index (κ2) is 17.3. The standard InChI is InChI=1S/C26H35F5O4S3/c1-4-5-6-7-8-9-10-11-12-13-14-37-25(36)38-16(15-26(2,3)24(33)34)23(32)35-22-20(30)18(28)17(27)19(29)21(22)31/h16H,4-15H2,1-3H3,(H,33,34). The summed E-state index contributed by atoms with van der Waals surface area (Å²) in [4.78, 5) is 24.3. The van der Waals surface area contributed by atoms with Crippen LogP contribution in [0.1, 0.15) is 91.4 Å². The van der Waals surface area contributed by atoms with Crippen molar-refractivity contribution >= 4 is 51.2 Å². The van der Waals surface area contributed by atoms with Crippen molar-refractivity contribution in [3.05, 3.63) is 29.1 Å². The number of esters is 1. The van der Waals surface area contributed by atoms with E-state index in [1.165, 1.54) is 64.1 Å². The zero-order chi connectivity index (χ0) is 28.9. The Labute approximate surface area is 234 Å². The smallest absolute Gasteiger partial charge is 0.325 e. The van der Waals surface area contributed by atoms with Crippen LogP contribution in [-0.4, -0.2) is 31.6 Å². The lowest BCUT2D eigenvalue weighted by molar-refractivity contribution is -0.147. The van der Waals surface area contributed by atoms with E-state index in [0.29, 0.717) is 5.75 Å². The number of rotatable bonds is 17. The number of aliphatic carboxylic acids is 1. The van der Waals surface area contributed by atoms with E-state index in [0.717, 1.165) is 37.4 Å². The number of unbranched alkanes of at least 4 members (excludes halogenated alkanes) is 9. The predicted octanol–water partition coefficient (Wildman–Crippen LogP) is 8.83. The van der Waals surface area contributed by atoms with Crippen LogP contribution in [0.25, 0.3) is 0 Å². The number of ether oxygens (including phenoxy) is 1. The van der Waals surface area contributed by atoms with Gasteiger partial charge in [-0.15, -0.1) is 11.8 Å². The fraction of sp³-hybridized carbons (Fsp3) is 0.654. The molecule has 0 saturated carbocycles. The summed E-state index contributed by atoms with van der Waals surface area (Å²) in [5, 5.41) is 8.09. The first-order valence-electron chi connectivity index (χ1n) is 12.6. The summed E-state index contributed by atoms with van der Waals surface area (Å²) >= 11 is 7.35. The fourth-order valence-corrected chi connectivity index (χ4v) is 6.32. The van der Waals surface area contributed by atoms with E-state index in [1.807, 2.05) is 0 Å². The number of hydrogen-bond donors (Lipinski definition) is 1. The van der Waals surface area contributed by atoms with E-state index < -0.39 is 57.4 Å². The lowest BCUT2D eigenvalue weighted by Crippen LogP contribution is -2.34. The molecule has 0 heterocycles. The summed E-state index contributed by atoms with van der Waals surface area (Å²) in [6.45, 7) is 4.84. The van der Waals surface area contributed by atoms with E-state index >= 15 is 0 Å². The molecule has 0 aliphatic carbocycles. The quantitative estimate of drug-likeness (QED) is 0.0364. The molecule has 0 bridgehead atoms. The van der Waals surface area contributed by atoms with Crippen LogP contribution in [0.15, 0.2) is 0 Å². The first-order valence-corrected chi connectivity index (χ1v) is 14.9. The van der Waals surface area contributed by atoms with E-state index in [-0.39, 0.29) is 9.95 Å². The van der Waals surface area contributed by atoms with Crippen molar-refractivity contribution in [3.8, 4) is 5.75 Å². The molecular formula is C26H35F5O4S3. The Kier molecular flexibility index (Phi) is 15.8. The lowest BCUT2D eigenvalue weighted by atomic mass is 9.88. The van der Waals surface area contributed by atoms with Gasteiger partial charge in [-0.25, -0.2) is 13.2 Å². The van der Waals surface area contributed by atoms with Crippen LogP contribution in [0.2, 0.25) is 0 Å². The highest BCUT2D eigenvalue weighted by molar-refractivity contribution is 8.47. The highest BCUT2D eigenvalue weighted by Gasteiger charge is 2.37. The van der Waals surface area contributed by atoms with Gasteiger partial charge < -0.3 is 9.84 Å². The minimum atomic E-state index is -2.39. The van der Waals surface area contributed by atoms with Crippen LogP contribution in [0.5, 0.6) is 5.75 Å². The van der Waals surface area contributed by atoms with Gasteiger partial charge in [0.25, 0.3) is 0 Å². The third-order valence-electron chi connectivity index (χ3n) is 5.87. The maximum atomic E-state index is 14.0. The molecule has 0 spiro atoms. The molecule has 38 heavy (non-hydrogen) atoms. The van der Waals surface area contributed by atoms with E-state index in [2.05, 4.69) is 11.7 Å². The highest BCUT2D eigenvalue weighted by atomic mass is 32.2. The summed E-state index contributed by atoms with van der Waals surface area (Å²) in [6.07, 6.45) is 11.3. The first kappa shape index (κ1) is 34.6. The maximum Gasteiger partial charge on any atom is 0.325 e. The molecule has 12 heteroatoms. The summed E-state index contributed by atoms with van der Waals surface area (Å²) in [7, 11) is 0. The summed E-state index contributed by atoms with van der Waals surface area (Å²) in [5.74, 6) is -15.2. The van der Waals surface area contributed by atoms with Crippen LogP contribution in [0.3, 0.4) is 0 Å². The van der Waals surface area contributed by atoms with Crippen molar-refractivity contribution in [2.24, 2.45) is 5.41 Å². The van der Waals surface area contributed by atoms with Gasteiger partial charge in [0.15, 0.2) is 0 Å². The Morgan fingerprint density at radius 3 is 1.76 bits per heavy atom. The summed E-state index contributed by atoms with van der Waals surface area (Å²) in [5.41, 5.74) is -1.47. The topological polar surface area (TPSA) is 63.6 Å². The molecule has 1 aromatic carbocycles. The second-order valence-electron chi connectivity index (χ2n) is 9.60. The normalized spacial score (nSPS) is 12.4. The Hall–Kier alpha value is -1.40. The zero-order valence-electron chi connectivity index (χ0n) is 21.8. The molecule has 1 atom stereocenters. The predicted molar refractivity (Wildman–Crippen MR) is 146 cm³/mol. The lowest BCUT2D eigenvalue weighted by Gasteiger charge is -2.24. The van der Waals surface area contributed by atoms with E-state index in [9.17, 15) is 36.6 Å². The number of carbonyl (C=O) groups excluding carboxylic acids is 1. The van der Waals surface area contributed by atoms with Gasteiger partial charge in [-0.3, -0.25) is 9.59 Å². The summed E-state index contributed by atoms with van der Waals surface area (Å²) in [6, 6.07) is 0. The maximum absolute atomic E-state index is 14.0. The van der Waals surface area contributed by atoms with Gasteiger partial charge in [0.05, 0.1) is 5.41 Å². The third-order valence-corrected chi connectivity index (χ3v) is 8.72. The average molecular weight is 603 g/mol. The fourth-order valence-electron chi connectivity index (χ4n) is 3.46. The Morgan fingerprint density at radius 1 is 0.842 bits per heavy atom. The molecule has 4 nitrogen and oxygen atoms in total. The van der Waals surface area contributed by atoms with Crippen molar-refractivity contribution in [2.75, 3.05) is 5.75 Å². The number of carbonyl (C=O) groups is 2. The van der Waals surface area contributed by atoms with Crippen LogP contribution in [0, 0.1) is 34.5 Å². The molecule has 0 aromatic heterocycles. The Balaban J connectivity index is 2.70. The molecule has 0 radical (unpaired) electrons. The SMILES string of the molecule is CCCCCCCCCCCCSC(=S)SC(CC(C)(C)C(=O)O)C(=O)Oc1c(F)c(F)c(F)c(F)c1F. The Bertz CT molecular complexity index is 930. The number of carboxylic acid groups (broad SMARTS) is 1. The molecule has 1 unspecified atom stereocenters. The van der Waals surface area contributed by atoms with E-state index in [4.69, 9.17) is 12.2 Å². The molecule has 1 rings (SSSR count). The number of thiocarbonyl (C=S) groups is 1. The van der Waals surface area contributed by atoms with Crippen LogP contribution >= 0.6 is 35.7 Å². The number of carboxylic acids is 1. The third kappa shape index (κ3) is 11.4. The summed E-state index contributed by atoms with van der Waals surface area (Å²) < 4.78 is 73.2. The van der Waals surface area contributed by atoms with Gasteiger partial charge in [-0.2, -0.15) is 8.78 Å². The van der Waals surface area contributed by atoms with E-state index in [1.54, 1.807) is 0 Å². The van der Waals surface area contributed by atoms with Crippen molar-refractivity contribution in [1.29, 1.82) is 0 Å². The number of thioether (sulfide) groups is 2. The molecule has 0 fully saturated rings. The van der Waals surface area contributed by atoms with Crippen molar-refractivity contribution < 1.29 is 41.4 Å². The minimum Gasteiger partial charge on any atom is -0.481 e. The monoisotopic (exact) mass is 602 g/mol. The Morgan fingerprint density at radius 2 is 1.29 bits per heavy atom. The zero-order valence-corrected chi connectivity index (χ0v) is 24.3. The highest BCUT2D eigenvalue weighted by Crippen LogP contribution is 2.35. The van der Waals surface area contributed by atoms with Crippen molar-refractivity contribution in [3.63, 3.8) is 0 Å². The molecule has 0 aliphatic rings. The first-order chi connectivity index (χ1) is 17.8. The van der Waals surface area contributed by atoms with Gasteiger partial charge in [0, 0.05) is 0 Å². The van der Waals surface area contributed by atoms with Crippen molar-refractivity contribution in [2.45, 2.75) is 96.7 Å². The minimum absolute atomic E-state index is 0.279. The van der Waals surface area contributed by atoms with Gasteiger partial charge in [0.1, 0.15) is 8.78 Å². The number of benzene rings is 1. The molecular weight excluding hydrogens is 567 g/mol. The van der Waals surface area contributed by atoms with Gasteiger partial charge >= 0.3 is 11.9 Å². The van der Waals surface area contributed by atoms with Crippen molar-refractivity contribution in [1.82, 2.24) is 0 Å². The molecule has 216 valence electrons. The molecule has 1 N–H and O–H groups in total. The number of halogens is 5. The molecule has 0 aliphatic heterocycles. The molecule has 1 aromatic rings. The van der Waals surface area contributed by atoms with Crippen LogP contribution in [0.4, 0.5) is 22.0 Å². The molecule has 0 saturated heterocycles. The molecule has 0 amide bonds. The average Bonchev–Trinajstić information content (AvgIpc) is 2.86. The van der Waals surface area contributed by atoms with Crippen LogP contribution < -0.4 is 4.74 Å².